The number of thiazole rings is 1. The van der Waals surface area contributed by atoms with Gasteiger partial charge in [-0.1, -0.05) is 30.3 Å². The van der Waals surface area contributed by atoms with Gasteiger partial charge >= 0.3 is 0 Å². The van der Waals surface area contributed by atoms with E-state index in [1.807, 2.05) is 42.6 Å². The largest absolute Gasteiger partial charge is 0.388 e. The molecule has 1 unspecified atom stereocenters. The second kappa shape index (κ2) is 5.23. The molecule has 2 rings (SSSR count). The van der Waals surface area contributed by atoms with E-state index in [0.717, 1.165) is 29.1 Å². The average molecular weight is 233 g/mol. The van der Waals surface area contributed by atoms with Gasteiger partial charge in [0.05, 0.1) is 11.1 Å². The third kappa shape index (κ3) is 2.90. The highest BCUT2D eigenvalue weighted by Gasteiger charge is 2.08. The molecule has 0 aliphatic heterocycles. The molecule has 0 aliphatic carbocycles. The van der Waals surface area contributed by atoms with Gasteiger partial charge in [0.15, 0.2) is 0 Å². The van der Waals surface area contributed by atoms with E-state index >= 15 is 0 Å². The first kappa shape index (κ1) is 11.3. The summed E-state index contributed by atoms with van der Waals surface area (Å²) in [5.74, 6) is 0. The standard InChI is InChI=1S/C13H15NOS/c1-10-9-16-13(14-10)8-7-12(15)11-5-3-2-4-6-11/h2-6,9,12,15H,7-8H2,1H3. The van der Waals surface area contributed by atoms with Crippen LogP contribution in [0.3, 0.4) is 0 Å². The van der Waals surface area contributed by atoms with Gasteiger partial charge in [-0.3, -0.25) is 0 Å². The van der Waals surface area contributed by atoms with Crippen molar-refractivity contribution in [2.45, 2.75) is 25.9 Å². The van der Waals surface area contributed by atoms with E-state index in [1.54, 1.807) is 11.3 Å². The Bertz CT molecular complexity index is 438. The molecule has 16 heavy (non-hydrogen) atoms. The van der Waals surface area contributed by atoms with Crippen LogP contribution in [-0.2, 0) is 6.42 Å². The summed E-state index contributed by atoms with van der Waals surface area (Å²) in [7, 11) is 0. The Morgan fingerprint density at radius 1 is 1.31 bits per heavy atom. The minimum Gasteiger partial charge on any atom is -0.388 e. The molecule has 0 fully saturated rings. The SMILES string of the molecule is Cc1csc(CCC(O)c2ccccc2)n1. The van der Waals surface area contributed by atoms with E-state index < -0.39 is 0 Å². The molecule has 1 heterocycles. The van der Waals surface area contributed by atoms with Crippen molar-refractivity contribution in [3.63, 3.8) is 0 Å². The first-order chi connectivity index (χ1) is 7.75. The first-order valence-electron chi connectivity index (χ1n) is 5.40. The van der Waals surface area contributed by atoms with Crippen molar-refractivity contribution < 1.29 is 5.11 Å². The van der Waals surface area contributed by atoms with Gasteiger partial charge < -0.3 is 5.11 Å². The molecule has 2 aromatic rings. The van der Waals surface area contributed by atoms with Crippen LogP contribution in [-0.4, -0.2) is 10.1 Å². The zero-order valence-corrected chi connectivity index (χ0v) is 10.1. The second-order valence-corrected chi connectivity index (χ2v) is 4.79. The molecule has 0 spiro atoms. The fraction of sp³-hybridized carbons (Fsp3) is 0.308. The molecule has 0 aliphatic rings. The Morgan fingerprint density at radius 2 is 2.06 bits per heavy atom. The molecule has 1 aromatic heterocycles. The number of aliphatic hydroxyl groups excluding tert-OH is 1. The summed E-state index contributed by atoms with van der Waals surface area (Å²) in [6.45, 7) is 1.99. The number of hydrogen-bond acceptors (Lipinski definition) is 3. The van der Waals surface area contributed by atoms with Gasteiger partial charge in [0.1, 0.15) is 0 Å². The smallest absolute Gasteiger partial charge is 0.0929 e. The predicted molar refractivity (Wildman–Crippen MR) is 66.6 cm³/mol. The number of rotatable bonds is 4. The topological polar surface area (TPSA) is 33.1 Å². The van der Waals surface area contributed by atoms with Crippen LogP contribution < -0.4 is 0 Å². The van der Waals surface area contributed by atoms with Crippen molar-refractivity contribution in [3.8, 4) is 0 Å². The molecule has 1 aromatic carbocycles. The van der Waals surface area contributed by atoms with E-state index in [9.17, 15) is 5.11 Å². The molecule has 0 saturated heterocycles. The summed E-state index contributed by atoms with van der Waals surface area (Å²) in [6, 6.07) is 9.77. The molecule has 0 radical (unpaired) electrons. The fourth-order valence-electron chi connectivity index (χ4n) is 1.62. The van der Waals surface area contributed by atoms with E-state index in [2.05, 4.69) is 4.98 Å². The molecular weight excluding hydrogens is 218 g/mol. The van der Waals surface area contributed by atoms with Crippen molar-refractivity contribution in [2.24, 2.45) is 0 Å². The minimum absolute atomic E-state index is 0.384. The fourth-order valence-corrected chi connectivity index (χ4v) is 2.41. The summed E-state index contributed by atoms with van der Waals surface area (Å²) in [4.78, 5) is 4.38. The zero-order valence-electron chi connectivity index (χ0n) is 9.26. The van der Waals surface area contributed by atoms with Crippen LogP contribution in [0.15, 0.2) is 35.7 Å². The lowest BCUT2D eigenvalue weighted by Gasteiger charge is -2.09. The van der Waals surface area contributed by atoms with Crippen LogP contribution in [0.25, 0.3) is 0 Å². The van der Waals surface area contributed by atoms with Crippen LogP contribution >= 0.6 is 11.3 Å². The van der Waals surface area contributed by atoms with Crippen molar-refractivity contribution in [1.82, 2.24) is 4.98 Å². The minimum atomic E-state index is -0.384. The van der Waals surface area contributed by atoms with E-state index in [4.69, 9.17) is 0 Å². The van der Waals surface area contributed by atoms with Crippen molar-refractivity contribution in [2.75, 3.05) is 0 Å². The first-order valence-corrected chi connectivity index (χ1v) is 6.27. The number of aliphatic hydroxyl groups is 1. The molecule has 0 saturated carbocycles. The second-order valence-electron chi connectivity index (χ2n) is 3.85. The van der Waals surface area contributed by atoms with Crippen molar-refractivity contribution >= 4 is 11.3 Å². The predicted octanol–water partition coefficient (Wildman–Crippen LogP) is 3.12. The Morgan fingerprint density at radius 3 is 2.69 bits per heavy atom. The number of aryl methyl sites for hydroxylation is 2. The average Bonchev–Trinajstić information content (AvgIpc) is 2.73. The van der Waals surface area contributed by atoms with Gasteiger partial charge in [0.25, 0.3) is 0 Å². The number of nitrogens with zero attached hydrogens (tertiary/aromatic N) is 1. The highest BCUT2D eigenvalue weighted by Crippen LogP contribution is 2.20. The third-order valence-electron chi connectivity index (χ3n) is 2.48. The lowest BCUT2D eigenvalue weighted by atomic mass is 10.1. The van der Waals surface area contributed by atoms with Gasteiger partial charge in [0, 0.05) is 17.5 Å². The van der Waals surface area contributed by atoms with E-state index in [1.165, 1.54) is 0 Å². The van der Waals surface area contributed by atoms with Crippen LogP contribution in [0.5, 0.6) is 0 Å². The maximum absolute atomic E-state index is 9.97. The summed E-state index contributed by atoms with van der Waals surface area (Å²) >= 11 is 1.66. The van der Waals surface area contributed by atoms with E-state index in [-0.39, 0.29) is 6.10 Å². The molecule has 1 N–H and O–H groups in total. The summed E-state index contributed by atoms with van der Waals surface area (Å²) < 4.78 is 0. The zero-order chi connectivity index (χ0) is 11.4. The summed E-state index contributed by atoms with van der Waals surface area (Å²) in [5, 5.41) is 13.1. The molecule has 0 bridgehead atoms. The molecule has 0 amide bonds. The van der Waals surface area contributed by atoms with Gasteiger partial charge in [0.2, 0.25) is 0 Å². The number of benzene rings is 1. The van der Waals surface area contributed by atoms with Crippen molar-refractivity contribution in [3.05, 3.63) is 52.0 Å². The molecule has 1 atom stereocenters. The number of aromatic nitrogens is 1. The molecule has 84 valence electrons. The quantitative estimate of drug-likeness (QED) is 0.880. The van der Waals surface area contributed by atoms with Gasteiger partial charge in [-0.15, -0.1) is 11.3 Å². The maximum Gasteiger partial charge on any atom is 0.0929 e. The normalized spacial score (nSPS) is 12.6. The maximum atomic E-state index is 9.97. The van der Waals surface area contributed by atoms with Crippen LogP contribution in [0, 0.1) is 6.92 Å². The van der Waals surface area contributed by atoms with Crippen molar-refractivity contribution in [1.29, 1.82) is 0 Å². The highest BCUT2D eigenvalue weighted by molar-refractivity contribution is 7.09. The Hall–Kier alpha value is -1.19. The Kier molecular flexibility index (Phi) is 3.70. The third-order valence-corrected chi connectivity index (χ3v) is 3.51. The van der Waals surface area contributed by atoms with Gasteiger partial charge in [-0.2, -0.15) is 0 Å². The highest BCUT2D eigenvalue weighted by atomic mass is 32.1. The van der Waals surface area contributed by atoms with Crippen LogP contribution in [0.1, 0.15) is 28.8 Å². The van der Waals surface area contributed by atoms with Crippen LogP contribution in [0.4, 0.5) is 0 Å². The molecular formula is C13H15NOS. The number of hydrogen-bond donors (Lipinski definition) is 1. The monoisotopic (exact) mass is 233 g/mol. The van der Waals surface area contributed by atoms with Crippen LogP contribution in [0.2, 0.25) is 0 Å². The van der Waals surface area contributed by atoms with Gasteiger partial charge in [-0.25, -0.2) is 4.98 Å². The van der Waals surface area contributed by atoms with Gasteiger partial charge in [-0.05, 0) is 18.9 Å². The lowest BCUT2D eigenvalue weighted by Crippen LogP contribution is -1.99. The Balaban J connectivity index is 1.91. The molecule has 2 nitrogen and oxygen atoms in total. The summed E-state index contributed by atoms with van der Waals surface area (Å²) in [6.07, 6.45) is 1.19. The summed E-state index contributed by atoms with van der Waals surface area (Å²) in [5.41, 5.74) is 2.05. The Labute approximate surface area is 99.6 Å². The molecule has 3 heteroatoms. The lowest BCUT2D eigenvalue weighted by molar-refractivity contribution is 0.168. The van der Waals surface area contributed by atoms with E-state index in [0.29, 0.717) is 0 Å².